The van der Waals surface area contributed by atoms with Crippen LogP contribution in [-0.4, -0.2) is 8.42 Å². The van der Waals surface area contributed by atoms with Gasteiger partial charge in [-0.25, -0.2) is 8.42 Å². The Morgan fingerprint density at radius 1 is 0.676 bits per heavy atom. The number of hydrogen-bond acceptors (Lipinski definition) is 3. The van der Waals surface area contributed by atoms with Gasteiger partial charge < -0.3 is 4.74 Å². The molecule has 0 bridgehead atoms. The Morgan fingerprint density at radius 2 is 1.21 bits per heavy atom. The number of halogens is 3. The smallest absolute Gasteiger partial charge is 0.416 e. The van der Waals surface area contributed by atoms with Crippen LogP contribution in [0.5, 0.6) is 11.5 Å². The topological polar surface area (TPSA) is 46.6 Å². The third-order valence-corrected chi connectivity index (χ3v) is 6.83. The fraction of sp³-hybridized carbons (Fsp3) is 0.0769. The van der Waals surface area contributed by atoms with Crippen LogP contribution >= 0.6 is 0 Å². The monoisotopic (exact) mass is 483 g/mol. The SMILES string of the molecule is O=S(=O)(c1ccc(C(F)(F)F)cc1)N(Cc1ccccc1)c1ccc(Oc2ccccc2)cc1. The van der Waals surface area contributed by atoms with Crippen molar-refractivity contribution in [1.29, 1.82) is 0 Å². The van der Waals surface area contributed by atoms with Crippen LogP contribution in [-0.2, 0) is 22.7 Å². The molecular weight excluding hydrogens is 463 g/mol. The maximum atomic E-state index is 13.5. The van der Waals surface area contributed by atoms with Crippen molar-refractivity contribution in [2.75, 3.05) is 4.31 Å². The minimum atomic E-state index is -4.55. The van der Waals surface area contributed by atoms with Crippen molar-refractivity contribution in [3.63, 3.8) is 0 Å². The van der Waals surface area contributed by atoms with Crippen molar-refractivity contribution in [2.24, 2.45) is 0 Å². The van der Waals surface area contributed by atoms with Gasteiger partial charge in [0, 0.05) is 0 Å². The minimum Gasteiger partial charge on any atom is -0.457 e. The number of sulfonamides is 1. The number of para-hydroxylation sites is 1. The highest BCUT2D eigenvalue weighted by Crippen LogP contribution is 2.32. The Kier molecular flexibility index (Phi) is 6.61. The van der Waals surface area contributed by atoms with E-state index >= 15 is 0 Å². The van der Waals surface area contributed by atoms with Crippen LogP contribution in [0.3, 0.4) is 0 Å². The van der Waals surface area contributed by atoms with E-state index in [1.165, 1.54) is 0 Å². The lowest BCUT2D eigenvalue weighted by Gasteiger charge is -2.25. The molecule has 0 heterocycles. The summed E-state index contributed by atoms with van der Waals surface area (Å²) in [5, 5.41) is 0. The molecule has 4 rings (SSSR count). The van der Waals surface area contributed by atoms with E-state index in [0.717, 1.165) is 34.1 Å². The highest BCUT2D eigenvalue weighted by atomic mass is 32.2. The van der Waals surface area contributed by atoms with Crippen molar-refractivity contribution in [3.8, 4) is 11.5 Å². The van der Waals surface area contributed by atoms with Gasteiger partial charge in [0.2, 0.25) is 0 Å². The number of ether oxygens (including phenoxy) is 1. The van der Waals surface area contributed by atoms with Crippen molar-refractivity contribution < 1.29 is 26.3 Å². The van der Waals surface area contributed by atoms with E-state index in [2.05, 4.69) is 0 Å². The predicted molar refractivity (Wildman–Crippen MR) is 124 cm³/mol. The lowest BCUT2D eigenvalue weighted by Crippen LogP contribution is -2.30. The Labute approximate surface area is 195 Å². The summed E-state index contributed by atoms with van der Waals surface area (Å²) in [5.74, 6) is 1.15. The van der Waals surface area contributed by atoms with Crippen LogP contribution in [0.2, 0.25) is 0 Å². The van der Waals surface area contributed by atoms with Crippen LogP contribution in [0.25, 0.3) is 0 Å². The standard InChI is InChI=1S/C26H20F3NO3S/c27-26(28,29)21-11-17-25(18-12-21)34(31,32)30(19-20-7-3-1-4-8-20)22-13-15-24(16-14-22)33-23-9-5-2-6-10-23/h1-18H,19H2. The summed E-state index contributed by atoms with van der Waals surface area (Å²) in [6, 6.07) is 28.0. The largest absolute Gasteiger partial charge is 0.457 e. The molecule has 0 radical (unpaired) electrons. The van der Waals surface area contributed by atoms with E-state index in [1.54, 1.807) is 60.7 Å². The quantitative estimate of drug-likeness (QED) is 0.287. The lowest BCUT2D eigenvalue weighted by molar-refractivity contribution is -0.137. The second-order valence-electron chi connectivity index (χ2n) is 7.43. The summed E-state index contributed by atoms with van der Waals surface area (Å²) in [6.45, 7) is 0.00306. The van der Waals surface area contributed by atoms with Gasteiger partial charge in [-0.3, -0.25) is 4.31 Å². The van der Waals surface area contributed by atoms with Crippen molar-refractivity contribution in [1.82, 2.24) is 0 Å². The van der Waals surface area contributed by atoms with Gasteiger partial charge in [-0.15, -0.1) is 0 Å². The fourth-order valence-electron chi connectivity index (χ4n) is 3.31. The van der Waals surface area contributed by atoms with Crippen LogP contribution in [0.4, 0.5) is 18.9 Å². The zero-order valence-electron chi connectivity index (χ0n) is 17.8. The first-order valence-electron chi connectivity index (χ1n) is 10.3. The van der Waals surface area contributed by atoms with Gasteiger partial charge in [-0.1, -0.05) is 48.5 Å². The van der Waals surface area contributed by atoms with E-state index in [4.69, 9.17) is 4.74 Å². The maximum absolute atomic E-state index is 13.5. The highest BCUT2D eigenvalue weighted by Gasteiger charge is 2.32. The molecule has 0 aliphatic heterocycles. The van der Waals surface area contributed by atoms with E-state index in [-0.39, 0.29) is 11.4 Å². The van der Waals surface area contributed by atoms with Crippen LogP contribution < -0.4 is 9.04 Å². The molecule has 0 atom stereocenters. The molecule has 0 amide bonds. The number of anilines is 1. The van der Waals surface area contributed by atoms with Gasteiger partial charge in [0.1, 0.15) is 11.5 Å². The number of benzene rings is 4. The normalized spacial score (nSPS) is 11.7. The second kappa shape index (κ2) is 9.61. The summed E-state index contributed by atoms with van der Waals surface area (Å²) >= 11 is 0. The molecule has 0 fully saturated rings. The van der Waals surface area contributed by atoms with Crippen molar-refractivity contribution >= 4 is 15.7 Å². The third kappa shape index (κ3) is 5.40. The molecule has 0 aliphatic carbocycles. The fourth-order valence-corrected chi connectivity index (χ4v) is 4.77. The lowest BCUT2D eigenvalue weighted by atomic mass is 10.2. The number of nitrogens with zero attached hydrogens (tertiary/aromatic N) is 1. The molecule has 174 valence electrons. The Morgan fingerprint density at radius 3 is 1.76 bits per heavy atom. The average molecular weight is 484 g/mol. The molecule has 4 aromatic rings. The van der Waals surface area contributed by atoms with E-state index in [0.29, 0.717) is 17.2 Å². The second-order valence-corrected chi connectivity index (χ2v) is 9.29. The Balaban J connectivity index is 1.68. The van der Waals surface area contributed by atoms with Gasteiger partial charge >= 0.3 is 6.18 Å². The molecule has 0 aromatic heterocycles. The molecule has 0 unspecified atom stereocenters. The Hall–Kier alpha value is -3.78. The predicted octanol–water partition coefficient (Wildman–Crippen LogP) is 6.89. The molecule has 0 spiro atoms. The third-order valence-electron chi connectivity index (χ3n) is 5.04. The molecule has 0 aliphatic rings. The first kappa shape index (κ1) is 23.4. The van der Waals surface area contributed by atoms with Crippen molar-refractivity contribution in [2.45, 2.75) is 17.6 Å². The molecule has 4 aromatic carbocycles. The highest BCUT2D eigenvalue weighted by molar-refractivity contribution is 7.92. The van der Waals surface area contributed by atoms with E-state index in [9.17, 15) is 21.6 Å². The van der Waals surface area contributed by atoms with Gasteiger partial charge in [0.25, 0.3) is 10.0 Å². The van der Waals surface area contributed by atoms with Crippen LogP contribution in [0, 0.1) is 0 Å². The summed E-state index contributed by atoms with van der Waals surface area (Å²) < 4.78 is 72.8. The zero-order valence-corrected chi connectivity index (χ0v) is 18.6. The molecule has 0 saturated carbocycles. The summed E-state index contributed by atoms with van der Waals surface area (Å²) in [7, 11) is -4.16. The summed E-state index contributed by atoms with van der Waals surface area (Å²) in [6.07, 6.45) is -4.55. The molecule has 0 saturated heterocycles. The number of alkyl halides is 3. The summed E-state index contributed by atoms with van der Waals surface area (Å²) in [5.41, 5.74) is 0.162. The molecule has 4 nitrogen and oxygen atoms in total. The minimum absolute atomic E-state index is 0.00306. The molecule has 0 N–H and O–H groups in total. The molecule has 34 heavy (non-hydrogen) atoms. The zero-order chi connectivity index (χ0) is 24.2. The van der Waals surface area contributed by atoms with Crippen molar-refractivity contribution in [3.05, 3.63) is 120 Å². The maximum Gasteiger partial charge on any atom is 0.416 e. The Bertz CT molecular complexity index is 1320. The van der Waals surface area contributed by atoms with E-state index in [1.807, 2.05) is 24.3 Å². The number of hydrogen-bond donors (Lipinski definition) is 0. The average Bonchev–Trinajstić information content (AvgIpc) is 2.84. The number of rotatable bonds is 7. The summed E-state index contributed by atoms with van der Waals surface area (Å²) in [4.78, 5) is -0.235. The first-order valence-corrected chi connectivity index (χ1v) is 11.7. The van der Waals surface area contributed by atoms with Crippen LogP contribution in [0.15, 0.2) is 114 Å². The van der Waals surface area contributed by atoms with Gasteiger partial charge in [0.05, 0.1) is 22.7 Å². The molecular formula is C26H20F3NO3S. The van der Waals surface area contributed by atoms with Gasteiger partial charge in [0.15, 0.2) is 0 Å². The van der Waals surface area contributed by atoms with Gasteiger partial charge in [-0.2, -0.15) is 13.2 Å². The van der Waals surface area contributed by atoms with Gasteiger partial charge in [-0.05, 0) is 66.2 Å². The molecule has 8 heteroatoms. The van der Waals surface area contributed by atoms with Crippen LogP contribution in [0.1, 0.15) is 11.1 Å². The first-order chi connectivity index (χ1) is 16.2. The van der Waals surface area contributed by atoms with E-state index < -0.39 is 21.8 Å².